The quantitative estimate of drug-likeness (QED) is 0.663. The summed E-state index contributed by atoms with van der Waals surface area (Å²) in [7, 11) is 1.54. The van der Waals surface area contributed by atoms with Crippen LogP contribution in [-0.2, 0) is 0 Å². The second-order valence-corrected chi connectivity index (χ2v) is 6.98. The summed E-state index contributed by atoms with van der Waals surface area (Å²) in [4.78, 5) is 16.5. The average Bonchev–Trinajstić information content (AvgIpc) is 3.42. The van der Waals surface area contributed by atoms with Gasteiger partial charge in [-0.25, -0.2) is 9.37 Å². The number of carbonyl (C=O) groups is 1. The maximum atomic E-state index is 14.4. The number of aromatic nitrogens is 2. The SMILES string of the molecule is COc1cc(C(=O)Nc2ccc(-n3ccnc3)c(F)c2)ccc1OC1CCCC1. The number of ether oxygens (including phenoxy) is 2. The van der Waals surface area contributed by atoms with Crippen LogP contribution in [0.15, 0.2) is 55.1 Å². The van der Waals surface area contributed by atoms with Crippen LogP contribution in [0.5, 0.6) is 11.5 Å². The maximum absolute atomic E-state index is 14.4. The van der Waals surface area contributed by atoms with E-state index in [0.29, 0.717) is 28.4 Å². The predicted molar refractivity (Wildman–Crippen MR) is 107 cm³/mol. The number of hydrogen-bond acceptors (Lipinski definition) is 4. The summed E-state index contributed by atoms with van der Waals surface area (Å²) in [5.41, 5.74) is 1.12. The maximum Gasteiger partial charge on any atom is 0.255 e. The van der Waals surface area contributed by atoms with E-state index < -0.39 is 5.82 Å². The lowest BCUT2D eigenvalue weighted by atomic mass is 10.1. The Morgan fingerprint density at radius 3 is 2.69 bits per heavy atom. The average molecular weight is 395 g/mol. The number of methoxy groups -OCH3 is 1. The molecule has 1 amide bonds. The first-order chi connectivity index (χ1) is 14.1. The highest BCUT2D eigenvalue weighted by molar-refractivity contribution is 6.04. The minimum atomic E-state index is -0.460. The molecule has 1 N–H and O–H groups in total. The molecule has 4 rings (SSSR count). The van der Waals surface area contributed by atoms with E-state index in [1.165, 1.54) is 25.2 Å². The molecule has 0 atom stereocenters. The van der Waals surface area contributed by atoms with E-state index in [4.69, 9.17) is 9.47 Å². The Hall–Kier alpha value is -3.35. The van der Waals surface area contributed by atoms with Gasteiger partial charge in [-0.15, -0.1) is 0 Å². The highest BCUT2D eigenvalue weighted by atomic mass is 19.1. The molecule has 0 saturated heterocycles. The standard InChI is InChI=1S/C22H22FN3O3/c1-28-21-12-15(6-9-20(21)29-17-4-2-3-5-17)22(27)25-16-7-8-19(18(23)13-16)26-11-10-24-14-26/h6-14,17H,2-5H2,1H3,(H,25,27). The zero-order chi connectivity index (χ0) is 20.2. The van der Waals surface area contributed by atoms with E-state index >= 15 is 0 Å². The highest BCUT2D eigenvalue weighted by Crippen LogP contribution is 2.32. The molecule has 1 fully saturated rings. The van der Waals surface area contributed by atoms with Crippen molar-refractivity contribution < 1.29 is 18.7 Å². The zero-order valence-corrected chi connectivity index (χ0v) is 16.1. The van der Waals surface area contributed by atoms with Crippen LogP contribution in [0, 0.1) is 5.82 Å². The van der Waals surface area contributed by atoms with Crippen LogP contribution in [0.1, 0.15) is 36.0 Å². The van der Waals surface area contributed by atoms with E-state index in [2.05, 4.69) is 10.3 Å². The van der Waals surface area contributed by atoms with Crippen LogP contribution in [0.3, 0.4) is 0 Å². The van der Waals surface area contributed by atoms with Gasteiger partial charge in [-0.1, -0.05) is 0 Å². The topological polar surface area (TPSA) is 65.4 Å². The number of rotatable bonds is 6. The molecule has 3 aromatic rings. The number of hydrogen-bond donors (Lipinski definition) is 1. The van der Waals surface area contributed by atoms with Crippen molar-refractivity contribution in [1.29, 1.82) is 0 Å². The number of imidazole rings is 1. The van der Waals surface area contributed by atoms with Gasteiger partial charge >= 0.3 is 0 Å². The Morgan fingerprint density at radius 1 is 1.17 bits per heavy atom. The molecule has 0 spiro atoms. The number of amides is 1. The molecule has 1 aliphatic rings. The minimum Gasteiger partial charge on any atom is -0.493 e. The van der Waals surface area contributed by atoms with E-state index in [9.17, 15) is 9.18 Å². The first-order valence-corrected chi connectivity index (χ1v) is 9.58. The largest absolute Gasteiger partial charge is 0.493 e. The van der Waals surface area contributed by atoms with Gasteiger partial charge in [0.25, 0.3) is 5.91 Å². The molecular weight excluding hydrogens is 373 g/mol. The molecule has 1 aliphatic carbocycles. The van der Waals surface area contributed by atoms with Crippen LogP contribution >= 0.6 is 0 Å². The molecule has 29 heavy (non-hydrogen) atoms. The van der Waals surface area contributed by atoms with E-state index in [0.717, 1.165) is 12.8 Å². The normalized spacial score (nSPS) is 14.0. The number of anilines is 1. The van der Waals surface area contributed by atoms with E-state index in [-0.39, 0.29) is 12.0 Å². The van der Waals surface area contributed by atoms with Crippen molar-refractivity contribution in [1.82, 2.24) is 9.55 Å². The molecular formula is C22H22FN3O3. The van der Waals surface area contributed by atoms with Crippen LogP contribution < -0.4 is 14.8 Å². The summed E-state index contributed by atoms with van der Waals surface area (Å²) in [6.45, 7) is 0. The zero-order valence-electron chi connectivity index (χ0n) is 16.1. The third-order valence-corrected chi connectivity index (χ3v) is 5.01. The van der Waals surface area contributed by atoms with Gasteiger partial charge in [0.05, 0.1) is 25.2 Å². The summed E-state index contributed by atoms with van der Waals surface area (Å²) >= 11 is 0. The Morgan fingerprint density at radius 2 is 2.00 bits per heavy atom. The van der Waals surface area contributed by atoms with Gasteiger partial charge in [0, 0.05) is 23.6 Å². The summed E-state index contributed by atoms with van der Waals surface area (Å²) in [5, 5.41) is 2.72. The third kappa shape index (κ3) is 4.23. The first kappa shape index (κ1) is 19.0. The second-order valence-electron chi connectivity index (χ2n) is 6.98. The lowest BCUT2D eigenvalue weighted by Gasteiger charge is -2.16. The molecule has 1 aromatic heterocycles. The van der Waals surface area contributed by atoms with Crippen LogP contribution in [0.2, 0.25) is 0 Å². The predicted octanol–water partition coefficient (Wildman–Crippen LogP) is 4.59. The Labute approximate surface area is 168 Å². The lowest BCUT2D eigenvalue weighted by Crippen LogP contribution is -2.14. The van der Waals surface area contributed by atoms with Crippen molar-refractivity contribution in [2.24, 2.45) is 0 Å². The van der Waals surface area contributed by atoms with Crippen molar-refractivity contribution in [3.63, 3.8) is 0 Å². The van der Waals surface area contributed by atoms with Crippen molar-refractivity contribution in [3.05, 3.63) is 66.5 Å². The van der Waals surface area contributed by atoms with Gasteiger partial charge in [-0.2, -0.15) is 0 Å². The highest BCUT2D eigenvalue weighted by Gasteiger charge is 2.19. The number of nitrogens with one attached hydrogen (secondary N) is 1. The summed E-state index contributed by atoms with van der Waals surface area (Å²) in [5.74, 6) is 0.321. The number of carbonyl (C=O) groups excluding carboxylic acids is 1. The smallest absolute Gasteiger partial charge is 0.255 e. The fourth-order valence-electron chi connectivity index (χ4n) is 3.49. The number of benzene rings is 2. The molecule has 1 heterocycles. The monoisotopic (exact) mass is 395 g/mol. The van der Waals surface area contributed by atoms with Gasteiger partial charge in [0.15, 0.2) is 11.5 Å². The van der Waals surface area contributed by atoms with Crippen LogP contribution in [0.25, 0.3) is 5.69 Å². The second kappa shape index (κ2) is 8.34. The molecule has 0 unspecified atom stereocenters. The Bertz CT molecular complexity index is 999. The van der Waals surface area contributed by atoms with Gasteiger partial charge in [0.2, 0.25) is 0 Å². The Kier molecular flexibility index (Phi) is 5.46. The van der Waals surface area contributed by atoms with Crippen LogP contribution in [0.4, 0.5) is 10.1 Å². The lowest BCUT2D eigenvalue weighted by molar-refractivity contribution is 0.102. The fourth-order valence-corrected chi connectivity index (χ4v) is 3.49. The van der Waals surface area contributed by atoms with Crippen molar-refractivity contribution in [2.45, 2.75) is 31.8 Å². The summed E-state index contributed by atoms with van der Waals surface area (Å²) in [6.07, 6.45) is 9.34. The first-order valence-electron chi connectivity index (χ1n) is 9.58. The molecule has 0 radical (unpaired) electrons. The van der Waals surface area contributed by atoms with Crippen molar-refractivity contribution in [2.75, 3.05) is 12.4 Å². The molecule has 6 nitrogen and oxygen atoms in total. The molecule has 1 saturated carbocycles. The molecule has 150 valence electrons. The van der Waals surface area contributed by atoms with E-state index in [1.54, 1.807) is 54.4 Å². The Balaban J connectivity index is 1.48. The molecule has 7 heteroatoms. The van der Waals surface area contributed by atoms with Crippen LogP contribution in [-0.4, -0.2) is 28.7 Å². The molecule has 0 bridgehead atoms. The van der Waals surface area contributed by atoms with E-state index in [1.807, 2.05) is 0 Å². The van der Waals surface area contributed by atoms with Crippen molar-refractivity contribution in [3.8, 4) is 17.2 Å². The molecule has 2 aromatic carbocycles. The van der Waals surface area contributed by atoms with Crippen molar-refractivity contribution >= 4 is 11.6 Å². The fraction of sp³-hybridized carbons (Fsp3) is 0.273. The summed E-state index contributed by atoms with van der Waals surface area (Å²) < 4.78 is 27.4. The minimum absolute atomic E-state index is 0.195. The van der Waals surface area contributed by atoms with Gasteiger partial charge in [-0.05, 0) is 62.1 Å². The van der Waals surface area contributed by atoms with Gasteiger partial charge < -0.3 is 19.4 Å². The molecule has 0 aliphatic heterocycles. The van der Waals surface area contributed by atoms with Gasteiger partial charge in [0.1, 0.15) is 5.82 Å². The number of nitrogens with zero attached hydrogens (tertiary/aromatic N) is 2. The van der Waals surface area contributed by atoms with Gasteiger partial charge in [-0.3, -0.25) is 4.79 Å². The third-order valence-electron chi connectivity index (χ3n) is 5.01. The summed E-state index contributed by atoms with van der Waals surface area (Å²) in [6, 6.07) is 9.57. The number of halogens is 1.